The van der Waals surface area contributed by atoms with E-state index < -0.39 is 0 Å². The molecule has 0 fully saturated rings. The number of carbonyl (C=O) groups excluding carboxylic acids is 1. The van der Waals surface area contributed by atoms with E-state index in [1.165, 1.54) is 0 Å². The molecule has 2 aromatic carbocycles. The summed E-state index contributed by atoms with van der Waals surface area (Å²) in [5.41, 5.74) is 2.36. The Bertz CT molecular complexity index is 984. The summed E-state index contributed by atoms with van der Waals surface area (Å²) in [4.78, 5) is 15.1. The van der Waals surface area contributed by atoms with Crippen LogP contribution in [0.4, 0.5) is 5.69 Å². The Balaban J connectivity index is 1.74. The topological polar surface area (TPSA) is 63.9 Å². The highest BCUT2D eigenvalue weighted by Gasteiger charge is 2.33. The number of carbonyl (C=O) groups is 1. The first-order valence-corrected chi connectivity index (χ1v) is 9.71. The Hall–Kier alpha value is -3.41. The fraction of sp³-hybridized carbons (Fsp3) is 0.261. The maximum atomic E-state index is 13.3. The lowest BCUT2D eigenvalue weighted by Gasteiger charge is -2.38. The first kappa shape index (κ1) is 18.9. The highest BCUT2D eigenvalue weighted by atomic mass is 16.5. The Morgan fingerprint density at radius 3 is 2.72 bits per heavy atom. The van der Waals surface area contributed by atoms with Gasteiger partial charge in [-0.3, -0.25) is 4.79 Å². The number of anilines is 1. The number of ether oxygens (including phenoxy) is 2. The molecule has 1 N–H and O–H groups in total. The largest absolute Gasteiger partial charge is 0.493 e. The van der Waals surface area contributed by atoms with E-state index >= 15 is 0 Å². The molecular weight excluding hydrogens is 368 g/mol. The van der Waals surface area contributed by atoms with E-state index in [4.69, 9.17) is 13.9 Å². The highest BCUT2D eigenvalue weighted by molar-refractivity contribution is 6.01. The number of nitrogens with zero attached hydrogens (tertiary/aromatic N) is 1. The number of para-hydroxylation sites is 1. The molecule has 0 saturated heterocycles. The van der Waals surface area contributed by atoms with Gasteiger partial charge >= 0.3 is 0 Å². The summed E-state index contributed by atoms with van der Waals surface area (Å²) in [6.07, 6.45) is 2.15. The molecule has 6 heteroatoms. The van der Waals surface area contributed by atoms with Gasteiger partial charge in [0.25, 0.3) is 5.91 Å². The van der Waals surface area contributed by atoms with Crippen LogP contribution < -0.4 is 14.8 Å². The fourth-order valence-corrected chi connectivity index (χ4v) is 3.48. The normalized spacial score (nSPS) is 15.6. The number of amides is 1. The predicted octanol–water partition coefficient (Wildman–Crippen LogP) is 4.84. The zero-order valence-corrected chi connectivity index (χ0v) is 16.6. The van der Waals surface area contributed by atoms with E-state index in [1.807, 2.05) is 54.6 Å². The Kier molecular flexibility index (Phi) is 5.42. The SMILES string of the molecule is CCCOc1cc([C@@H]2Nc3ccccc3C(=O)N2Cc2ccco2)ccc1OC. The van der Waals surface area contributed by atoms with Gasteiger partial charge in [-0.15, -0.1) is 0 Å². The molecular formula is C23H24N2O4. The predicted molar refractivity (Wildman–Crippen MR) is 110 cm³/mol. The van der Waals surface area contributed by atoms with Gasteiger partial charge < -0.3 is 24.1 Å². The summed E-state index contributed by atoms with van der Waals surface area (Å²) in [5.74, 6) is 2.01. The van der Waals surface area contributed by atoms with E-state index in [-0.39, 0.29) is 12.1 Å². The van der Waals surface area contributed by atoms with Crippen molar-refractivity contribution in [1.82, 2.24) is 4.90 Å². The fourth-order valence-electron chi connectivity index (χ4n) is 3.48. The van der Waals surface area contributed by atoms with E-state index in [9.17, 15) is 4.79 Å². The lowest BCUT2D eigenvalue weighted by atomic mass is 10.0. The molecule has 4 rings (SSSR count). The minimum Gasteiger partial charge on any atom is -0.493 e. The van der Waals surface area contributed by atoms with Crippen molar-refractivity contribution in [2.24, 2.45) is 0 Å². The molecule has 1 aromatic heterocycles. The van der Waals surface area contributed by atoms with Gasteiger partial charge in [0.1, 0.15) is 11.9 Å². The zero-order valence-electron chi connectivity index (χ0n) is 16.6. The summed E-state index contributed by atoms with van der Waals surface area (Å²) < 4.78 is 16.8. The molecule has 150 valence electrons. The van der Waals surface area contributed by atoms with Crippen molar-refractivity contribution in [2.45, 2.75) is 26.1 Å². The molecule has 0 radical (unpaired) electrons. The second-order valence-electron chi connectivity index (χ2n) is 6.86. The van der Waals surface area contributed by atoms with Gasteiger partial charge in [0, 0.05) is 5.69 Å². The third kappa shape index (κ3) is 3.78. The van der Waals surface area contributed by atoms with E-state index in [0.717, 1.165) is 23.4 Å². The molecule has 1 aliphatic rings. The number of methoxy groups -OCH3 is 1. The molecule has 0 spiro atoms. The van der Waals surface area contributed by atoms with Crippen LogP contribution in [-0.4, -0.2) is 24.5 Å². The summed E-state index contributed by atoms with van der Waals surface area (Å²) in [6, 6.07) is 17.0. The van der Waals surface area contributed by atoms with Crippen LogP contribution in [0.5, 0.6) is 11.5 Å². The number of nitrogens with one attached hydrogen (secondary N) is 1. The van der Waals surface area contributed by atoms with Crippen LogP contribution in [0.3, 0.4) is 0 Å². The maximum Gasteiger partial charge on any atom is 0.258 e. The van der Waals surface area contributed by atoms with Gasteiger partial charge in [-0.2, -0.15) is 0 Å². The van der Waals surface area contributed by atoms with Gasteiger partial charge in [0.05, 0.1) is 32.1 Å². The summed E-state index contributed by atoms with van der Waals surface area (Å²) in [6.45, 7) is 3.00. The molecule has 1 amide bonds. The lowest BCUT2D eigenvalue weighted by molar-refractivity contribution is 0.0651. The number of hydrogen-bond acceptors (Lipinski definition) is 5. The third-order valence-electron chi connectivity index (χ3n) is 4.89. The van der Waals surface area contributed by atoms with Crippen molar-refractivity contribution in [3.8, 4) is 11.5 Å². The first-order chi connectivity index (χ1) is 14.2. The van der Waals surface area contributed by atoms with Crippen LogP contribution in [0.1, 0.15) is 41.2 Å². The molecule has 0 bridgehead atoms. The van der Waals surface area contributed by atoms with Gasteiger partial charge in [-0.25, -0.2) is 0 Å². The van der Waals surface area contributed by atoms with Crippen molar-refractivity contribution < 1.29 is 18.7 Å². The Morgan fingerprint density at radius 2 is 1.97 bits per heavy atom. The first-order valence-electron chi connectivity index (χ1n) is 9.71. The number of furan rings is 1. The smallest absolute Gasteiger partial charge is 0.258 e. The second-order valence-corrected chi connectivity index (χ2v) is 6.86. The van der Waals surface area contributed by atoms with Gasteiger partial charge in [-0.05, 0) is 48.4 Å². The summed E-state index contributed by atoms with van der Waals surface area (Å²) in [5, 5.41) is 3.49. The van der Waals surface area contributed by atoms with Crippen molar-refractivity contribution in [2.75, 3.05) is 19.0 Å². The van der Waals surface area contributed by atoms with E-state index in [1.54, 1.807) is 18.3 Å². The highest BCUT2D eigenvalue weighted by Crippen LogP contribution is 2.37. The van der Waals surface area contributed by atoms with Crippen molar-refractivity contribution in [1.29, 1.82) is 0 Å². The van der Waals surface area contributed by atoms with Crippen LogP contribution >= 0.6 is 0 Å². The zero-order chi connectivity index (χ0) is 20.2. The van der Waals surface area contributed by atoms with Crippen molar-refractivity contribution in [3.63, 3.8) is 0 Å². The standard InChI is InChI=1S/C23H24N2O4/c1-3-12-29-21-14-16(10-11-20(21)27-2)22-24-19-9-5-4-8-18(19)23(26)25(22)15-17-7-6-13-28-17/h4-11,13-14,22,24H,3,12,15H2,1-2H3/t22-/m1/s1. The molecule has 1 atom stereocenters. The quantitative estimate of drug-likeness (QED) is 0.623. The lowest BCUT2D eigenvalue weighted by Crippen LogP contribution is -2.42. The van der Waals surface area contributed by atoms with Crippen LogP contribution in [0.2, 0.25) is 0 Å². The molecule has 0 saturated carbocycles. The van der Waals surface area contributed by atoms with Crippen molar-refractivity contribution >= 4 is 11.6 Å². The number of rotatable bonds is 7. The van der Waals surface area contributed by atoms with Crippen LogP contribution in [0.25, 0.3) is 0 Å². The molecule has 29 heavy (non-hydrogen) atoms. The maximum absolute atomic E-state index is 13.3. The summed E-state index contributed by atoms with van der Waals surface area (Å²) in [7, 11) is 1.62. The average Bonchev–Trinajstić information content (AvgIpc) is 3.27. The minimum atomic E-state index is -0.364. The number of benzene rings is 2. The van der Waals surface area contributed by atoms with Crippen LogP contribution in [-0.2, 0) is 6.54 Å². The number of fused-ring (bicyclic) bond motifs is 1. The monoisotopic (exact) mass is 392 g/mol. The van der Waals surface area contributed by atoms with E-state index in [0.29, 0.717) is 30.2 Å². The Morgan fingerprint density at radius 1 is 1.10 bits per heavy atom. The van der Waals surface area contributed by atoms with Gasteiger partial charge in [-0.1, -0.05) is 25.1 Å². The van der Waals surface area contributed by atoms with E-state index in [2.05, 4.69) is 12.2 Å². The van der Waals surface area contributed by atoms with Crippen molar-refractivity contribution in [3.05, 3.63) is 77.7 Å². The van der Waals surface area contributed by atoms with Gasteiger partial charge in [0.2, 0.25) is 0 Å². The molecule has 2 heterocycles. The molecule has 1 aliphatic heterocycles. The molecule has 6 nitrogen and oxygen atoms in total. The van der Waals surface area contributed by atoms with Crippen LogP contribution in [0.15, 0.2) is 65.3 Å². The van der Waals surface area contributed by atoms with Gasteiger partial charge in [0.15, 0.2) is 11.5 Å². The Labute approximate surface area is 170 Å². The van der Waals surface area contributed by atoms with Crippen LogP contribution in [0, 0.1) is 0 Å². The summed E-state index contributed by atoms with van der Waals surface area (Å²) >= 11 is 0. The number of hydrogen-bond donors (Lipinski definition) is 1. The minimum absolute atomic E-state index is 0.0485. The second kappa shape index (κ2) is 8.31. The molecule has 0 aliphatic carbocycles. The molecule has 0 unspecified atom stereocenters. The molecule has 3 aromatic rings. The average molecular weight is 392 g/mol. The third-order valence-corrected chi connectivity index (χ3v) is 4.89.